The number of carbonyl (C=O) groups excluding carboxylic acids is 3. The summed E-state index contributed by atoms with van der Waals surface area (Å²) >= 11 is 1.50. The van der Waals surface area contributed by atoms with Crippen molar-refractivity contribution < 1.29 is 33.7 Å². The van der Waals surface area contributed by atoms with Crippen molar-refractivity contribution >= 4 is 29.1 Å². The van der Waals surface area contributed by atoms with E-state index in [1.165, 1.54) is 24.5 Å². The predicted molar refractivity (Wildman–Crippen MR) is 143 cm³/mol. The van der Waals surface area contributed by atoms with Gasteiger partial charge in [0, 0.05) is 33.7 Å². The Morgan fingerprint density at radius 1 is 1.13 bits per heavy atom. The highest BCUT2D eigenvalue weighted by atomic mass is 32.1. The summed E-state index contributed by atoms with van der Waals surface area (Å²) in [6.07, 6.45) is 1.73. The third kappa shape index (κ3) is 5.07. The van der Waals surface area contributed by atoms with Gasteiger partial charge >= 0.3 is 11.9 Å². The summed E-state index contributed by atoms with van der Waals surface area (Å²) < 4.78 is 16.2. The number of esters is 2. The molecule has 0 fully saturated rings. The molecular weight excluding hydrogens is 506 g/mol. The number of phenols is 1. The van der Waals surface area contributed by atoms with Gasteiger partial charge < -0.3 is 24.6 Å². The molecule has 9 heteroatoms. The second-order valence-electron chi connectivity index (χ2n) is 9.16. The number of thiophene rings is 1. The van der Waals surface area contributed by atoms with E-state index in [0.717, 1.165) is 11.3 Å². The second-order valence-corrected chi connectivity index (χ2v) is 10.1. The molecule has 0 bridgehead atoms. The topological polar surface area (TPSA) is 111 Å². The summed E-state index contributed by atoms with van der Waals surface area (Å²) in [6.45, 7) is 5.77. The van der Waals surface area contributed by atoms with Crippen LogP contribution in [0.3, 0.4) is 0 Å². The third-order valence-corrected chi connectivity index (χ3v) is 7.89. The van der Waals surface area contributed by atoms with Gasteiger partial charge in [0.05, 0.1) is 25.9 Å². The van der Waals surface area contributed by atoms with Gasteiger partial charge in [-0.15, -0.1) is 11.3 Å². The molecular formula is C29H33NO7S. The molecule has 8 nitrogen and oxygen atoms in total. The number of hydrogen-bond acceptors (Lipinski definition) is 9. The van der Waals surface area contributed by atoms with E-state index in [1.807, 2.05) is 24.4 Å². The van der Waals surface area contributed by atoms with E-state index in [-0.39, 0.29) is 30.5 Å². The van der Waals surface area contributed by atoms with Crippen LogP contribution in [0.4, 0.5) is 0 Å². The monoisotopic (exact) mass is 539 g/mol. The molecule has 4 rings (SSSR count). The van der Waals surface area contributed by atoms with E-state index in [9.17, 15) is 19.5 Å². The third-order valence-electron chi connectivity index (χ3n) is 6.89. The molecule has 2 aliphatic rings. The van der Waals surface area contributed by atoms with Crippen LogP contribution in [-0.4, -0.2) is 43.2 Å². The first-order valence-electron chi connectivity index (χ1n) is 12.9. The fourth-order valence-corrected chi connectivity index (χ4v) is 6.19. The van der Waals surface area contributed by atoms with Gasteiger partial charge in [-0.3, -0.25) is 9.59 Å². The molecule has 38 heavy (non-hydrogen) atoms. The normalized spacial score (nSPS) is 21.1. The molecule has 202 valence electrons. The number of carbonyl (C=O) groups is 3. The minimum absolute atomic E-state index is 0.0630. The van der Waals surface area contributed by atoms with Crippen LogP contribution in [0, 0.1) is 5.92 Å². The Hall–Kier alpha value is -3.59. The number of Topliss-reactive ketones (excluding diaryl/α,β-unsaturated/α-hetero) is 1. The quantitative estimate of drug-likeness (QED) is 0.340. The molecule has 0 saturated carbocycles. The zero-order valence-corrected chi connectivity index (χ0v) is 22.9. The van der Waals surface area contributed by atoms with Crippen LogP contribution in [0.15, 0.2) is 58.3 Å². The summed E-state index contributed by atoms with van der Waals surface area (Å²) in [7, 11) is 1.44. The highest BCUT2D eigenvalue weighted by Crippen LogP contribution is 2.50. The molecule has 1 aliphatic carbocycles. The van der Waals surface area contributed by atoms with Gasteiger partial charge in [0.2, 0.25) is 0 Å². The molecule has 0 amide bonds. The second kappa shape index (κ2) is 11.9. The van der Waals surface area contributed by atoms with E-state index in [2.05, 4.69) is 5.32 Å². The minimum atomic E-state index is -1.05. The summed E-state index contributed by atoms with van der Waals surface area (Å²) in [5.41, 5.74) is 2.62. The van der Waals surface area contributed by atoms with Crippen molar-refractivity contribution in [3.05, 3.63) is 68.7 Å². The zero-order valence-electron chi connectivity index (χ0n) is 22.0. The largest absolute Gasteiger partial charge is 0.504 e. The number of ether oxygens (including phenoxy) is 3. The first-order chi connectivity index (χ1) is 18.4. The number of allylic oxidation sites excluding steroid dienone is 3. The summed E-state index contributed by atoms with van der Waals surface area (Å²) in [5.74, 6) is -3.60. The highest BCUT2D eigenvalue weighted by molar-refractivity contribution is 7.10. The lowest BCUT2D eigenvalue weighted by Crippen LogP contribution is -2.43. The van der Waals surface area contributed by atoms with Gasteiger partial charge in [0.1, 0.15) is 5.92 Å². The Morgan fingerprint density at radius 3 is 2.53 bits per heavy atom. The number of dihydropyridines is 1. The SMILES string of the molecule is CCCC1=C(C(=O)OCC)[C@H](c2ccc(O)c(OC)c2)C2=C(C[C@@H](c3cccs3)[C@H](C(=O)OCC)C2=O)N1. The highest BCUT2D eigenvalue weighted by Gasteiger charge is 2.49. The molecule has 2 N–H and O–H groups in total. The number of nitrogens with one attached hydrogen (secondary N) is 1. The van der Waals surface area contributed by atoms with Crippen molar-refractivity contribution in [3.63, 3.8) is 0 Å². The smallest absolute Gasteiger partial charge is 0.336 e. The number of aromatic hydroxyl groups is 1. The van der Waals surface area contributed by atoms with E-state index in [1.54, 1.807) is 26.0 Å². The van der Waals surface area contributed by atoms with Crippen molar-refractivity contribution in [2.24, 2.45) is 5.92 Å². The maximum Gasteiger partial charge on any atom is 0.336 e. The molecule has 0 unspecified atom stereocenters. The Bertz CT molecular complexity index is 1280. The van der Waals surface area contributed by atoms with Crippen LogP contribution in [-0.2, 0) is 23.9 Å². The molecule has 2 aromatic rings. The van der Waals surface area contributed by atoms with E-state index < -0.39 is 29.7 Å². The van der Waals surface area contributed by atoms with Crippen molar-refractivity contribution in [2.75, 3.05) is 20.3 Å². The van der Waals surface area contributed by atoms with Crippen LogP contribution in [0.25, 0.3) is 0 Å². The number of rotatable bonds is 9. The lowest BCUT2D eigenvalue weighted by molar-refractivity contribution is -0.152. The Kier molecular flexibility index (Phi) is 8.56. The number of benzene rings is 1. The van der Waals surface area contributed by atoms with Crippen molar-refractivity contribution in [3.8, 4) is 11.5 Å². The van der Waals surface area contributed by atoms with Crippen LogP contribution in [0.5, 0.6) is 11.5 Å². The predicted octanol–water partition coefficient (Wildman–Crippen LogP) is 4.96. The average molecular weight is 540 g/mol. The van der Waals surface area contributed by atoms with E-state index in [4.69, 9.17) is 14.2 Å². The molecule has 1 aliphatic heterocycles. The summed E-state index contributed by atoms with van der Waals surface area (Å²) in [4.78, 5) is 41.9. The number of phenolic OH excluding ortho intramolecular Hbond substituents is 1. The molecule has 1 aromatic carbocycles. The summed E-state index contributed by atoms with van der Waals surface area (Å²) in [5, 5.41) is 15.6. The van der Waals surface area contributed by atoms with Crippen LogP contribution in [0.2, 0.25) is 0 Å². The van der Waals surface area contributed by atoms with Crippen LogP contribution < -0.4 is 10.1 Å². The van der Waals surface area contributed by atoms with Gasteiger partial charge in [-0.2, -0.15) is 0 Å². The number of ketones is 1. The Balaban J connectivity index is 1.95. The fraction of sp³-hybridized carbons (Fsp3) is 0.414. The van der Waals surface area contributed by atoms with Crippen molar-refractivity contribution in [1.29, 1.82) is 0 Å². The van der Waals surface area contributed by atoms with Gasteiger partial charge in [0.15, 0.2) is 17.3 Å². The molecule has 3 atom stereocenters. The molecule has 1 aromatic heterocycles. The van der Waals surface area contributed by atoms with E-state index >= 15 is 0 Å². The Labute approximate surface area is 226 Å². The minimum Gasteiger partial charge on any atom is -0.504 e. The average Bonchev–Trinajstić information content (AvgIpc) is 3.43. The van der Waals surface area contributed by atoms with Crippen LogP contribution in [0.1, 0.15) is 62.3 Å². The molecule has 2 heterocycles. The van der Waals surface area contributed by atoms with Gasteiger partial charge in [-0.05, 0) is 55.8 Å². The lowest BCUT2D eigenvalue weighted by atomic mass is 9.68. The van der Waals surface area contributed by atoms with Gasteiger partial charge in [0.25, 0.3) is 0 Å². The fourth-order valence-electron chi connectivity index (χ4n) is 5.32. The van der Waals surface area contributed by atoms with Gasteiger partial charge in [-0.25, -0.2) is 4.79 Å². The zero-order chi connectivity index (χ0) is 27.4. The Morgan fingerprint density at radius 2 is 1.89 bits per heavy atom. The summed E-state index contributed by atoms with van der Waals surface area (Å²) in [6, 6.07) is 8.59. The molecule has 0 saturated heterocycles. The maximum atomic E-state index is 14.3. The maximum absolute atomic E-state index is 14.3. The van der Waals surface area contributed by atoms with E-state index in [0.29, 0.717) is 40.9 Å². The number of hydrogen-bond donors (Lipinski definition) is 2. The van der Waals surface area contributed by atoms with Crippen molar-refractivity contribution in [1.82, 2.24) is 5.32 Å². The first kappa shape index (κ1) is 27.4. The number of methoxy groups -OCH3 is 1. The molecule has 0 spiro atoms. The van der Waals surface area contributed by atoms with Crippen molar-refractivity contribution in [2.45, 2.75) is 51.9 Å². The standard InChI is InChI=1S/C29H33NO7S/c1-5-9-18-26(29(34)37-7-3)23(16-11-12-20(31)21(14-16)35-4)25-19(30-18)15-17(22-10-8-13-38-22)24(27(25)32)28(33)36-6-2/h8,10-14,17,23-24,30-31H,5-7,9,15H2,1-4H3/t17-,23+,24-/m0/s1. The first-order valence-corrected chi connectivity index (χ1v) is 13.7. The molecule has 0 radical (unpaired) electrons. The lowest BCUT2D eigenvalue weighted by Gasteiger charge is -2.39. The van der Waals surface area contributed by atoms with Gasteiger partial charge in [-0.1, -0.05) is 25.5 Å². The van der Waals surface area contributed by atoms with Crippen LogP contribution >= 0.6 is 11.3 Å².